The topological polar surface area (TPSA) is 41.6 Å². The van der Waals surface area contributed by atoms with Gasteiger partial charge in [0, 0.05) is 6.20 Å². The highest BCUT2D eigenvalue weighted by molar-refractivity contribution is 5.51. The van der Waals surface area contributed by atoms with E-state index in [1.54, 1.807) is 19.2 Å². The first-order chi connectivity index (χ1) is 8.41. The Morgan fingerprint density at radius 2 is 2.06 bits per heavy atom. The molecule has 1 aromatic carbocycles. The van der Waals surface area contributed by atoms with E-state index in [0.29, 0.717) is 5.69 Å². The highest BCUT2D eigenvalue weighted by atomic mass is 19.4. The fraction of sp³-hybridized carbons (Fsp3) is 0.167. The van der Waals surface area contributed by atoms with Crippen LogP contribution in [0.4, 0.5) is 13.2 Å². The van der Waals surface area contributed by atoms with Crippen molar-refractivity contribution in [1.82, 2.24) is 9.55 Å². The molecule has 6 heteroatoms. The smallest absolute Gasteiger partial charge is 0.305 e. The number of alkyl halides is 3. The minimum atomic E-state index is -4.45. The van der Waals surface area contributed by atoms with E-state index in [2.05, 4.69) is 4.98 Å². The molecule has 1 aromatic heterocycles. The Bertz CT molecular complexity index is 620. The van der Waals surface area contributed by atoms with Crippen molar-refractivity contribution in [2.24, 2.45) is 0 Å². The van der Waals surface area contributed by atoms with Crippen molar-refractivity contribution in [2.45, 2.75) is 13.1 Å². The van der Waals surface area contributed by atoms with E-state index in [1.165, 1.54) is 17.0 Å². The molecule has 2 rings (SSSR count). The number of aryl methyl sites for hydroxylation is 1. The van der Waals surface area contributed by atoms with Gasteiger partial charge in [0.05, 0.1) is 28.8 Å². The van der Waals surface area contributed by atoms with Gasteiger partial charge in [-0.15, -0.1) is 0 Å². The zero-order chi connectivity index (χ0) is 13.3. The summed E-state index contributed by atoms with van der Waals surface area (Å²) in [4.78, 5) is 3.97. The highest BCUT2D eigenvalue weighted by Gasteiger charge is 2.31. The molecule has 0 unspecified atom stereocenters. The lowest BCUT2D eigenvalue weighted by atomic mass is 10.1. The predicted octanol–water partition coefficient (Wildman–Crippen LogP) is 3.07. The SMILES string of the molecule is Cc1cn(-c2ccc(C(F)(F)F)cc2C#N)cn1. The second-order valence-corrected chi connectivity index (χ2v) is 3.76. The number of hydrogen-bond acceptors (Lipinski definition) is 2. The van der Waals surface area contributed by atoms with Gasteiger partial charge in [0.15, 0.2) is 0 Å². The number of rotatable bonds is 1. The van der Waals surface area contributed by atoms with Gasteiger partial charge in [-0.2, -0.15) is 18.4 Å². The largest absolute Gasteiger partial charge is 0.416 e. The summed E-state index contributed by atoms with van der Waals surface area (Å²) >= 11 is 0. The lowest BCUT2D eigenvalue weighted by Crippen LogP contribution is -2.06. The molecule has 0 spiro atoms. The average Bonchev–Trinajstić information content (AvgIpc) is 2.73. The van der Waals surface area contributed by atoms with Crippen LogP contribution in [0, 0.1) is 18.3 Å². The van der Waals surface area contributed by atoms with Gasteiger partial charge >= 0.3 is 6.18 Å². The molecule has 0 saturated heterocycles. The number of aromatic nitrogens is 2. The molecule has 0 aliphatic heterocycles. The first kappa shape index (κ1) is 12.2. The molecule has 2 aromatic rings. The zero-order valence-corrected chi connectivity index (χ0v) is 9.36. The maximum Gasteiger partial charge on any atom is 0.416 e. The van der Waals surface area contributed by atoms with E-state index >= 15 is 0 Å². The van der Waals surface area contributed by atoms with Gasteiger partial charge in [0.25, 0.3) is 0 Å². The number of benzene rings is 1. The maximum atomic E-state index is 12.5. The molecule has 0 atom stereocenters. The Morgan fingerprint density at radius 1 is 1.33 bits per heavy atom. The molecule has 0 N–H and O–H groups in total. The number of nitrogens with zero attached hydrogens (tertiary/aromatic N) is 3. The molecule has 18 heavy (non-hydrogen) atoms. The Kier molecular flexibility index (Phi) is 2.83. The van der Waals surface area contributed by atoms with Gasteiger partial charge in [-0.1, -0.05) is 0 Å². The molecular formula is C12H8F3N3. The molecule has 0 aliphatic rings. The van der Waals surface area contributed by atoms with Crippen molar-refractivity contribution in [3.8, 4) is 11.8 Å². The molecule has 0 saturated carbocycles. The lowest BCUT2D eigenvalue weighted by Gasteiger charge is -2.10. The Hall–Kier alpha value is -2.29. The third-order valence-electron chi connectivity index (χ3n) is 2.43. The molecule has 0 fully saturated rings. The predicted molar refractivity (Wildman–Crippen MR) is 58.0 cm³/mol. The summed E-state index contributed by atoms with van der Waals surface area (Å²) in [6, 6.07) is 4.82. The minimum Gasteiger partial charge on any atom is -0.305 e. The summed E-state index contributed by atoms with van der Waals surface area (Å²) in [7, 11) is 0. The Labute approximate surface area is 101 Å². The average molecular weight is 251 g/mol. The van der Waals surface area contributed by atoms with Crippen LogP contribution in [0.3, 0.4) is 0 Å². The van der Waals surface area contributed by atoms with Crippen LogP contribution in [0.25, 0.3) is 5.69 Å². The first-order valence-electron chi connectivity index (χ1n) is 5.04. The van der Waals surface area contributed by atoms with Crippen LogP contribution in [0.2, 0.25) is 0 Å². The van der Waals surface area contributed by atoms with E-state index in [9.17, 15) is 13.2 Å². The van der Waals surface area contributed by atoms with Gasteiger partial charge in [-0.25, -0.2) is 4.98 Å². The lowest BCUT2D eigenvalue weighted by molar-refractivity contribution is -0.137. The zero-order valence-electron chi connectivity index (χ0n) is 9.36. The van der Waals surface area contributed by atoms with Crippen molar-refractivity contribution in [3.05, 3.63) is 47.5 Å². The Morgan fingerprint density at radius 3 is 2.56 bits per heavy atom. The molecule has 0 aliphatic carbocycles. The molecule has 0 radical (unpaired) electrons. The van der Waals surface area contributed by atoms with Gasteiger partial charge in [-0.3, -0.25) is 0 Å². The summed E-state index contributed by atoms with van der Waals surface area (Å²) in [6.45, 7) is 1.76. The third kappa shape index (κ3) is 2.20. The van der Waals surface area contributed by atoms with E-state index in [4.69, 9.17) is 5.26 Å². The van der Waals surface area contributed by atoms with Gasteiger partial charge in [-0.05, 0) is 25.1 Å². The van der Waals surface area contributed by atoms with Crippen LogP contribution >= 0.6 is 0 Å². The van der Waals surface area contributed by atoms with Crippen LogP contribution in [0.5, 0.6) is 0 Å². The third-order valence-corrected chi connectivity index (χ3v) is 2.43. The highest BCUT2D eigenvalue weighted by Crippen LogP contribution is 2.31. The number of imidazole rings is 1. The van der Waals surface area contributed by atoms with Crippen molar-refractivity contribution in [2.75, 3.05) is 0 Å². The van der Waals surface area contributed by atoms with Crippen LogP contribution in [0.1, 0.15) is 16.8 Å². The summed E-state index contributed by atoms with van der Waals surface area (Å²) in [5, 5.41) is 8.93. The fourth-order valence-corrected chi connectivity index (χ4v) is 1.58. The molecule has 3 nitrogen and oxygen atoms in total. The van der Waals surface area contributed by atoms with Crippen LogP contribution in [-0.4, -0.2) is 9.55 Å². The summed E-state index contributed by atoms with van der Waals surface area (Å²) in [6.07, 6.45) is -1.35. The van der Waals surface area contributed by atoms with E-state index in [-0.39, 0.29) is 5.56 Å². The normalized spacial score (nSPS) is 11.3. The van der Waals surface area contributed by atoms with Crippen molar-refractivity contribution >= 4 is 0 Å². The first-order valence-corrected chi connectivity index (χ1v) is 5.04. The van der Waals surface area contributed by atoms with Crippen molar-refractivity contribution < 1.29 is 13.2 Å². The van der Waals surface area contributed by atoms with Crippen molar-refractivity contribution in [3.63, 3.8) is 0 Å². The second kappa shape index (κ2) is 4.18. The van der Waals surface area contributed by atoms with E-state index in [1.807, 2.05) is 0 Å². The van der Waals surface area contributed by atoms with Gasteiger partial charge in [0.2, 0.25) is 0 Å². The van der Waals surface area contributed by atoms with E-state index in [0.717, 1.165) is 17.8 Å². The fourth-order valence-electron chi connectivity index (χ4n) is 1.58. The monoisotopic (exact) mass is 251 g/mol. The molecule has 0 amide bonds. The summed E-state index contributed by atoms with van der Waals surface area (Å²) in [5.41, 5.74) is 0.228. The van der Waals surface area contributed by atoms with Crippen LogP contribution in [0.15, 0.2) is 30.7 Å². The standard InChI is InChI=1S/C12H8F3N3/c1-8-6-18(7-17-8)11-3-2-10(12(13,14)15)4-9(11)5-16/h2-4,6-7H,1H3. The quantitative estimate of drug-likeness (QED) is 0.781. The van der Waals surface area contributed by atoms with Crippen molar-refractivity contribution in [1.29, 1.82) is 5.26 Å². The van der Waals surface area contributed by atoms with Gasteiger partial charge in [0.1, 0.15) is 6.07 Å². The Balaban J connectivity index is 2.55. The summed E-state index contributed by atoms with van der Waals surface area (Å²) in [5.74, 6) is 0. The molecule has 1 heterocycles. The maximum absolute atomic E-state index is 12.5. The molecule has 92 valence electrons. The molecule has 0 bridgehead atoms. The van der Waals surface area contributed by atoms with Crippen LogP contribution < -0.4 is 0 Å². The number of nitriles is 1. The number of halogens is 3. The molecular weight excluding hydrogens is 243 g/mol. The number of hydrogen-bond donors (Lipinski definition) is 0. The summed E-state index contributed by atoms with van der Waals surface area (Å²) < 4.78 is 39.1. The van der Waals surface area contributed by atoms with E-state index < -0.39 is 11.7 Å². The van der Waals surface area contributed by atoms with Gasteiger partial charge < -0.3 is 4.57 Å². The minimum absolute atomic E-state index is 0.0396. The second-order valence-electron chi connectivity index (χ2n) is 3.76. The van der Waals surface area contributed by atoms with Crippen LogP contribution in [-0.2, 0) is 6.18 Å².